The van der Waals surface area contributed by atoms with Gasteiger partial charge in [0.05, 0.1) is 7.11 Å². The topological polar surface area (TPSA) is 77.2 Å². The Hall–Kier alpha value is -2.67. The number of hydrogen-bond acceptors (Lipinski definition) is 6. The number of methoxy groups -OCH3 is 1. The molecule has 1 atom stereocenters. The van der Waals surface area contributed by atoms with Gasteiger partial charge < -0.3 is 14.5 Å². The Morgan fingerprint density at radius 2 is 1.96 bits per heavy atom. The minimum Gasteiger partial charge on any atom is -0.496 e. The molecule has 0 aliphatic carbocycles. The molecule has 7 heteroatoms. The van der Waals surface area contributed by atoms with Crippen molar-refractivity contribution in [3.05, 3.63) is 64.0 Å². The Labute approximate surface area is 168 Å². The molecule has 148 valence electrons. The SMILES string of the molecule is COc1ccccc1CCc1nnc(CCC(=O)N[C@@H](C)Cc2ccsc2)o1. The standard InChI is InChI=1S/C21H25N3O3S/c1-15(13-16-11-12-28-14-16)22-19(25)8-10-21-24-23-20(27-21)9-7-17-5-3-4-6-18(17)26-2/h3-6,11-12,14-15H,7-10,13H2,1-2H3,(H,22,25)/t15-/m0/s1. The fraction of sp³-hybridized carbons (Fsp3) is 0.381. The second kappa shape index (κ2) is 10.0. The first-order valence-electron chi connectivity index (χ1n) is 9.37. The molecule has 0 aliphatic heterocycles. The number of thiophene rings is 1. The monoisotopic (exact) mass is 399 g/mol. The van der Waals surface area contributed by atoms with Crippen molar-refractivity contribution in [3.63, 3.8) is 0 Å². The Kier molecular flexibility index (Phi) is 7.19. The summed E-state index contributed by atoms with van der Waals surface area (Å²) in [6, 6.07) is 10.1. The molecule has 0 spiro atoms. The molecule has 0 aliphatic rings. The Bertz CT molecular complexity index is 877. The van der Waals surface area contributed by atoms with Gasteiger partial charge in [-0.2, -0.15) is 11.3 Å². The number of rotatable bonds is 10. The first kappa shape index (κ1) is 20.1. The van der Waals surface area contributed by atoms with Crippen LogP contribution in [0.4, 0.5) is 0 Å². The molecule has 2 heterocycles. The molecular weight excluding hydrogens is 374 g/mol. The molecule has 2 aromatic heterocycles. The molecule has 1 amide bonds. The molecule has 0 unspecified atom stereocenters. The third-order valence-electron chi connectivity index (χ3n) is 4.40. The molecule has 3 aromatic rings. The second-order valence-corrected chi connectivity index (χ2v) is 7.49. The molecule has 0 radical (unpaired) electrons. The van der Waals surface area contributed by atoms with Gasteiger partial charge >= 0.3 is 0 Å². The van der Waals surface area contributed by atoms with Gasteiger partial charge in [-0.1, -0.05) is 18.2 Å². The number of amides is 1. The minimum absolute atomic E-state index is 0.00324. The summed E-state index contributed by atoms with van der Waals surface area (Å²) in [6.45, 7) is 2.01. The number of carbonyl (C=O) groups excluding carboxylic acids is 1. The maximum absolute atomic E-state index is 12.1. The van der Waals surface area contributed by atoms with Crippen LogP contribution in [0, 0.1) is 0 Å². The number of benzene rings is 1. The molecular formula is C21H25N3O3S. The lowest BCUT2D eigenvalue weighted by Gasteiger charge is -2.12. The number of hydrogen-bond donors (Lipinski definition) is 1. The first-order chi connectivity index (χ1) is 13.6. The number of carbonyl (C=O) groups is 1. The zero-order chi connectivity index (χ0) is 19.8. The predicted octanol–water partition coefficient (Wildman–Crippen LogP) is 3.60. The summed E-state index contributed by atoms with van der Waals surface area (Å²) >= 11 is 1.67. The van der Waals surface area contributed by atoms with Crippen molar-refractivity contribution >= 4 is 17.2 Å². The van der Waals surface area contributed by atoms with Crippen molar-refractivity contribution < 1.29 is 13.9 Å². The maximum atomic E-state index is 12.1. The molecule has 0 saturated carbocycles. The van der Waals surface area contributed by atoms with Crippen LogP contribution in [0.25, 0.3) is 0 Å². The molecule has 6 nitrogen and oxygen atoms in total. The van der Waals surface area contributed by atoms with Crippen molar-refractivity contribution in [2.45, 2.75) is 45.1 Å². The van der Waals surface area contributed by atoms with E-state index in [1.807, 2.05) is 36.6 Å². The van der Waals surface area contributed by atoms with Gasteiger partial charge in [-0.05, 0) is 53.8 Å². The van der Waals surface area contributed by atoms with Gasteiger partial charge in [0.2, 0.25) is 17.7 Å². The fourth-order valence-corrected chi connectivity index (χ4v) is 3.70. The summed E-state index contributed by atoms with van der Waals surface area (Å²) in [5.41, 5.74) is 2.35. The lowest BCUT2D eigenvalue weighted by molar-refractivity contribution is -0.121. The zero-order valence-corrected chi connectivity index (χ0v) is 17.0. The van der Waals surface area contributed by atoms with Gasteiger partial charge in [0.25, 0.3) is 0 Å². The van der Waals surface area contributed by atoms with Gasteiger partial charge in [0.15, 0.2) is 0 Å². The molecule has 1 aromatic carbocycles. The van der Waals surface area contributed by atoms with E-state index in [1.54, 1.807) is 18.4 Å². The Morgan fingerprint density at radius 3 is 2.71 bits per heavy atom. The van der Waals surface area contributed by atoms with Crippen molar-refractivity contribution in [1.29, 1.82) is 0 Å². The summed E-state index contributed by atoms with van der Waals surface area (Å²) < 4.78 is 11.0. The van der Waals surface area contributed by atoms with Crippen molar-refractivity contribution in [1.82, 2.24) is 15.5 Å². The zero-order valence-electron chi connectivity index (χ0n) is 16.2. The average molecular weight is 400 g/mol. The van der Waals surface area contributed by atoms with Crippen LogP contribution in [0.1, 0.15) is 36.3 Å². The quantitative estimate of drug-likeness (QED) is 0.564. The van der Waals surface area contributed by atoms with E-state index >= 15 is 0 Å². The molecule has 28 heavy (non-hydrogen) atoms. The van der Waals surface area contributed by atoms with Crippen molar-refractivity contribution in [3.8, 4) is 5.75 Å². The maximum Gasteiger partial charge on any atom is 0.220 e. The molecule has 1 N–H and O–H groups in total. The summed E-state index contributed by atoms with van der Waals surface area (Å²) in [4.78, 5) is 12.1. The van der Waals surface area contributed by atoms with E-state index in [0.717, 1.165) is 24.2 Å². The number of aryl methyl sites for hydroxylation is 3. The van der Waals surface area contributed by atoms with Crippen LogP contribution in [0.5, 0.6) is 5.75 Å². The van der Waals surface area contributed by atoms with E-state index in [4.69, 9.17) is 9.15 Å². The van der Waals surface area contributed by atoms with E-state index in [2.05, 4.69) is 27.0 Å². The lowest BCUT2D eigenvalue weighted by atomic mass is 10.1. The summed E-state index contributed by atoms with van der Waals surface area (Å²) in [5, 5.41) is 15.3. The van der Waals surface area contributed by atoms with Crippen LogP contribution in [-0.2, 0) is 30.5 Å². The molecule has 0 fully saturated rings. The lowest BCUT2D eigenvalue weighted by Crippen LogP contribution is -2.34. The van der Waals surface area contributed by atoms with Crippen LogP contribution in [0.3, 0.4) is 0 Å². The smallest absolute Gasteiger partial charge is 0.220 e. The van der Waals surface area contributed by atoms with E-state index < -0.39 is 0 Å². The fourth-order valence-electron chi connectivity index (χ4n) is 3.02. The third-order valence-corrected chi connectivity index (χ3v) is 5.14. The van der Waals surface area contributed by atoms with E-state index in [-0.39, 0.29) is 11.9 Å². The molecule has 0 saturated heterocycles. The largest absolute Gasteiger partial charge is 0.496 e. The van der Waals surface area contributed by atoms with E-state index in [1.165, 1.54) is 5.56 Å². The molecule has 3 rings (SSSR count). The van der Waals surface area contributed by atoms with Crippen molar-refractivity contribution in [2.24, 2.45) is 0 Å². The predicted molar refractivity (Wildman–Crippen MR) is 109 cm³/mol. The highest BCUT2D eigenvalue weighted by molar-refractivity contribution is 7.07. The number of ether oxygens (including phenoxy) is 1. The second-order valence-electron chi connectivity index (χ2n) is 6.71. The first-order valence-corrected chi connectivity index (χ1v) is 10.3. The highest BCUT2D eigenvalue weighted by Gasteiger charge is 2.12. The average Bonchev–Trinajstić information content (AvgIpc) is 3.36. The number of nitrogens with zero attached hydrogens (tertiary/aromatic N) is 2. The summed E-state index contributed by atoms with van der Waals surface area (Å²) in [5.74, 6) is 1.93. The third kappa shape index (κ3) is 5.92. The van der Waals surface area contributed by atoms with Crippen LogP contribution in [0.2, 0.25) is 0 Å². The number of aromatic nitrogens is 2. The highest BCUT2D eigenvalue weighted by Crippen LogP contribution is 2.19. The van der Waals surface area contributed by atoms with Gasteiger partial charge in [0, 0.05) is 25.3 Å². The Balaban J connectivity index is 1.42. The van der Waals surface area contributed by atoms with Crippen LogP contribution in [0.15, 0.2) is 45.5 Å². The molecule has 0 bridgehead atoms. The summed E-state index contributed by atoms with van der Waals surface area (Å²) in [6.07, 6.45) is 3.01. The van der Waals surface area contributed by atoms with Crippen LogP contribution >= 0.6 is 11.3 Å². The Morgan fingerprint density at radius 1 is 1.18 bits per heavy atom. The van der Waals surface area contributed by atoms with Crippen molar-refractivity contribution in [2.75, 3.05) is 7.11 Å². The van der Waals surface area contributed by atoms with Gasteiger partial charge in [-0.15, -0.1) is 10.2 Å². The van der Waals surface area contributed by atoms with Gasteiger partial charge in [0.1, 0.15) is 5.75 Å². The van der Waals surface area contributed by atoms with E-state index in [0.29, 0.717) is 31.0 Å². The normalized spacial score (nSPS) is 11.9. The van der Waals surface area contributed by atoms with Crippen LogP contribution in [-0.4, -0.2) is 29.3 Å². The number of nitrogens with one attached hydrogen (secondary N) is 1. The van der Waals surface area contributed by atoms with Crippen LogP contribution < -0.4 is 10.1 Å². The van der Waals surface area contributed by atoms with Gasteiger partial charge in [-0.25, -0.2) is 0 Å². The minimum atomic E-state index is -0.00324. The van der Waals surface area contributed by atoms with E-state index in [9.17, 15) is 4.79 Å². The summed E-state index contributed by atoms with van der Waals surface area (Å²) in [7, 11) is 1.66. The number of para-hydroxylation sites is 1. The van der Waals surface area contributed by atoms with Gasteiger partial charge in [-0.3, -0.25) is 4.79 Å². The highest BCUT2D eigenvalue weighted by atomic mass is 32.1.